The minimum Gasteiger partial charge on any atom is -0.507 e. The summed E-state index contributed by atoms with van der Waals surface area (Å²) in [5.41, 5.74) is 0.0495. The molecule has 5 heteroatoms. The maximum absolute atomic E-state index is 11.8. The number of esters is 1. The van der Waals surface area contributed by atoms with Gasteiger partial charge in [0, 0.05) is 0 Å². The summed E-state index contributed by atoms with van der Waals surface area (Å²) in [6.45, 7) is 0. The molecule has 2 aromatic rings. The topological polar surface area (TPSA) is 46.5 Å². The Labute approximate surface area is 114 Å². The molecule has 0 radical (unpaired) electrons. The van der Waals surface area contributed by atoms with Crippen molar-refractivity contribution in [2.75, 3.05) is 0 Å². The molecule has 1 N–H and O–H groups in total. The molecule has 0 saturated heterocycles. The van der Waals surface area contributed by atoms with Crippen molar-refractivity contribution in [3.8, 4) is 11.5 Å². The summed E-state index contributed by atoms with van der Waals surface area (Å²) in [4.78, 5) is 11.8. The van der Waals surface area contributed by atoms with E-state index < -0.39 is 5.97 Å². The van der Waals surface area contributed by atoms with Crippen LogP contribution in [-0.4, -0.2) is 11.1 Å². The van der Waals surface area contributed by atoms with E-state index in [0.717, 1.165) is 0 Å². The van der Waals surface area contributed by atoms with E-state index in [-0.39, 0.29) is 27.1 Å². The van der Waals surface area contributed by atoms with Crippen LogP contribution in [0.3, 0.4) is 0 Å². The Morgan fingerprint density at radius 1 is 1.00 bits per heavy atom. The lowest BCUT2D eigenvalue weighted by Crippen LogP contribution is -2.09. The number of hydrogen-bond acceptors (Lipinski definition) is 3. The van der Waals surface area contributed by atoms with E-state index in [1.165, 1.54) is 12.1 Å². The standard InChI is InChI=1S/C13H8Cl2O3/c14-9-5-3-6-10(15)12(9)18-13(17)8-4-1-2-7-11(8)16/h1-7,16H. The summed E-state index contributed by atoms with van der Waals surface area (Å²) < 4.78 is 5.08. The van der Waals surface area contributed by atoms with E-state index in [2.05, 4.69) is 0 Å². The van der Waals surface area contributed by atoms with Gasteiger partial charge in [-0.2, -0.15) is 0 Å². The molecule has 0 aliphatic rings. The first-order valence-corrected chi connectivity index (χ1v) is 5.79. The van der Waals surface area contributed by atoms with Gasteiger partial charge in [-0.05, 0) is 24.3 Å². The normalized spacial score (nSPS) is 10.1. The molecule has 92 valence electrons. The van der Waals surface area contributed by atoms with Gasteiger partial charge in [-0.1, -0.05) is 41.4 Å². The first kappa shape index (κ1) is 12.7. The van der Waals surface area contributed by atoms with Crippen molar-refractivity contribution in [1.29, 1.82) is 0 Å². The smallest absolute Gasteiger partial charge is 0.347 e. The molecule has 2 aromatic carbocycles. The molecule has 0 unspecified atom stereocenters. The molecule has 0 spiro atoms. The molecule has 0 aromatic heterocycles. The number of aromatic hydroxyl groups is 1. The van der Waals surface area contributed by atoms with Crippen molar-refractivity contribution in [2.45, 2.75) is 0 Å². The Bertz CT molecular complexity index is 576. The minimum absolute atomic E-state index is 0.0495. The zero-order chi connectivity index (χ0) is 13.1. The summed E-state index contributed by atoms with van der Waals surface area (Å²) in [5, 5.41) is 9.99. The van der Waals surface area contributed by atoms with Crippen molar-refractivity contribution in [1.82, 2.24) is 0 Å². The van der Waals surface area contributed by atoms with Crippen LogP contribution < -0.4 is 4.74 Å². The van der Waals surface area contributed by atoms with Crippen LogP contribution in [-0.2, 0) is 0 Å². The van der Waals surface area contributed by atoms with Crippen LogP contribution >= 0.6 is 23.2 Å². The lowest BCUT2D eigenvalue weighted by molar-refractivity contribution is 0.0732. The molecule has 0 saturated carbocycles. The molecule has 0 heterocycles. The van der Waals surface area contributed by atoms with Crippen LogP contribution in [0.15, 0.2) is 42.5 Å². The molecule has 0 aliphatic carbocycles. The zero-order valence-electron chi connectivity index (χ0n) is 9.06. The largest absolute Gasteiger partial charge is 0.507 e. The summed E-state index contributed by atoms with van der Waals surface area (Å²) in [7, 11) is 0. The van der Waals surface area contributed by atoms with E-state index >= 15 is 0 Å². The van der Waals surface area contributed by atoms with E-state index in [9.17, 15) is 9.90 Å². The number of phenols is 1. The molecule has 0 amide bonds. The van der Waals surface area contributed by atoms with Gasteiger partial charge in [0.05, 0.1) is 10.0 Å². The van der Waals surface area contributed by atoms with Crippen molar-refractivity contribution >= 4 is 29.2 Å². The number of phenolic OH excluding ortho intramolecular Hbond substituents is 1. The first-order chi connectivity index (χ1) is 8.59. The quantitative estimate of drug-likeness (QED) is 0.671. The first-order valence-electron chi connectivity index (χ1n) is 5.04. The Hall–Kier alpha value is -1.71. The van der Waals surface area contributed by atoms with Crippen LogP contribution in [0.25, 0.3) is 0 Å². The molecular formula is C13H8Cl2O3. The van der Waals surface area contributed by atoms with E-state index in [0.29, 0.717) is 0 Å². The van der Waals surface area contributed by atoms with Gasteiger partial charge in [-0.15, -0.1) is 0 Å². The highest BCUT2D eigenvalue weighted by Gasteiger charge is 2.16. The summed E-state index contributed by atoms with van der Waals surface area (Å²) in [6, 6.07) is 10.8. The van der Waals surface area contributed by atoms with Gasteiger partial charge in [0.15, 0.2) is 5.75 Å². The highest BCUT2D eigenvalue weighted by Crippen LogP contribution is 2.33. The number of para-hydroxylation sites is 2. The van der Waals surface area contributed by atoms with Gasteiger partial charge >= 0.3 is 5.97 Å². The number of rotatable bonds is 2. The highest BCUT2D eigenvalue weighted by molar-refractivity contribution is 6.37. The van der Waals surface area contributed by atoms with Gasteiger partial charge in [0.1, 0.15) is 11.3 Å². The molecule has 2 rings (SSSR count). The number of carbonyl (C=O) groups is 1. The number of halogens is 2. The fourth-order valence-corrected chi connectivity index (χ4v) is 1.85. The second kappa shape index (κ2) is 5.29. The van der Waals surface area contributed by atoms with E-state index in [1.54, 1.807) is 30.3 Å². The van der Waals surface area contributed by atoms with Crippen LogP contribution in [0, 0.1) is 0 Å². The third-order valence-corrected chi connectivity index (χ3v) is 2.83. The molecule has 0 fully saturated rings. The molecular weight excluding hydrogens is 275 g/mol. The third-order valence-electron chi connectivity index (χ3n) is 2.24. The number of benzene rings is 2. The summed E-state index contributed by atoms with van der Waals surface area (Å²) in [5.74, 6) is -0.803. The summed E-state index contributed by atoms with van der Waals surface area (Å²) in [6.07, 6.45) is 0. The van der Waals surface area contributed by atoms with E-state index in [1.807, 2.05) is 0 Å². The van der Waals surface area contributed by atoms with Gasteiger partial charge < -0.3 is 9.84 Å². The molecule has 18 heavy (non-hydrogen) atoms. The van der Waals surface area contributed by atoms with Crippen molar-refractivity contribution in [2.24, 2.45) is 0 Å². The van der Waals surface area contributed by atoms with Crippen LogP contribution in [0.2, 0.25) is 10.0 Å². The molecule has 0 bridgehead atoms. The monoisotopic (exact) mass is 282 g/mol. The number of carbonyl (C=O) groups excluding carboxylic acids is 1. The van der Waals surface area contributed by atoms with Crippen LogP contribution in [0.1, 0.15) is 10.4 Å². The molecule has 0 aliphatic heterocycles. The second-order valence-electron chi connectivity index (χ2n) is 3.46. The summed E-state index contributed by atoms with van der Waals surface area (Å²) >= 11 is 11.8. The maximum Gasteiger partial charge on any atom is 0.347 e. The number of ether oxygens (including phenoxy) is 1. The predicted octanol–water partition coefficient (Wildman–Crippen LogP) is 3.92. The van der Waals surface area contributed by atoms with Crippen molar-refractivity contribution < 1.29 is 14.6 Å². The highest BCUT2D eigenvalue weighted by atomic mass is 35.5. The maximum atomic E-state index is 11.8. The average molecular weight is 283 g/mol. The van der Waals surface area contributed by atoms with Crippen molar-refractivity contribution in [3.05, 3.63) is 58.1 Å². The molecule has 3 nitrogen and oxygen atoms in total. The average Bonchev–Trinajstić information content (AvgIpc) is 2.34. The SMILES string of the molecule is O=C(Oc1c(Cl)cccc1Cl)c1ccccc1O. The predicted molar refractivity (Wildman–Crippen MR) is 69.5 cm³/mol. The zero-order valence-corrected chi connectivity index (χ0v) is 10.6. The fraction of sp³-hybridized carbons (Fsp3) is 0. The minimum atomic E-state index is -0.719. The second-order valence-corrected chi connectivity index (χ2v) is 4.27. The fourth-order valence-electron chi connectivity index (χ4n) is 1.37. The van der Waals surface area contributed by atoms with Crippen molar-refractivity contribution in [3.63, 3.8) is 0 Å². The Balaban J connectivity index is 2.30. The third kappa shape index (κ3) is 2.58. The van der Waals surface area contributed by atoms with E-state index in [4.69, 9.17) is 27.9 Å². The lowest BCUT2D eigenvalue weighted by Gasteiger charge is -2.08. The van der Waals surface area contributed by atoms with Gasteiger partial charge in [-0.3, -0.25) is 0 Å². The molecule has 0 atom stereocenters. The van der Waals surface area contributed by atoms with Gasteiger partial charge in [0.2, 0.25) is 0 Å². The lowest BCUT2D eigenvalue weighted by atomic mass is 10.2. The van der Waals surface area contributed by atoms with Crippen LogP contribution in [0.5, 0.6) is 11.5 Å². The Morgan fingerprint density at radius 2 is 1.61 bits per heavy atom. The Kier molecular flexibility index (Phi) is 3.75. The van der Waals surface area contributed by atoms with Crippen LogP contribution in [0.4, 0.5) is 0 Å². The number of hydrogen-bond donors (Lipinski definition) is 1. The van der Waals surface area contributed by atoms with Gasteiger partial charge in [-0.25, -0.2) is 4.79 Å². The van der Waals surface area contributed by atoms with Gasteiger partial charge in [0.25, 0.3) is 0 Å². The Morgan fingerprint density at radius 3 is 2.22 bits per heavy atom.